The van der Waals surface area contributed by atoms with Crippen LogP contribution in [0.15, 0.2) is 0 Å². The van der Waals surface area contributed by atoms with Crippen molar-refractivity contribution in [1.29, 1.82) is 0 Å². The molecule has 0 aliphatic heterocycles. The number of unbranched alkanes of at least 4 members (excludes halogenated alkanes) is 1. The van der Waals surface area contributed by atoms with E-state index in [0.29, 0.717) is 0 Å². The summed E-state index contributed by atoms with van der Waals surface area (Å²) in [6.45, 7) is 10.1. The SMILES string of the molecule is COCCCCC(C)CCNCC(C)C. The molecular weight excluding hydrogens is 186 g/mol. The van der Waals surface area contributed by atoms with Gasteiger partial charge in [-0.1, -0.05) is 33.6 Å². The highest BCUT2D eigenvalue weighted by Gasteiger charge is 2.01. The first-order valence-corrected chi connectivity index (χ1v) is 6.36. The van der Waals surface area contributed by atoms with Crippen LogP contribution in [0.3, 0.4) is 0 Å². The van der Waals surface area contributed by atoms with E-state index >= 15 is 0 Å². The molecule has 0 bridgehead atoms. The molecule has 0 amide bonds. The maximum Gasteiger partial charge on any atom is 0.0462 e. The lowest BCUT2D eigenvalue weighted by Gasteiger charge is -2.12. The standard InChI is InChI=1S/C13H29NO/c1-12(2)11-14-9-8-13(3)7-5-6-10-15-4/h12-14H,5-11H2,1-4H3. The molecule has 1 atom stereocenters. The highest BCUT2D eigenvalue weighted by Crippen LogP contribution is 2.11. The molecule has 1 N–H and O–H groups in total. The van der Waals surface area contributed by atoms with E-state index in [1.807, 2.05) is 0 Å². The molecule has 0 aromatic rings. The summed E-state index contributed by atoms with van der Waals surface area (Å²) < 4.78 is 5.04. The Kier molecular flexibility index (Phi) is 10.4. The largest absolute Gasteiger partial charge is 0.385 e. The number of hydrogen-bond donors (Lipinski definition) is 1. The first-order valence-electron chi connectivity index (χ1n) is 6.36. The Bertz CT molecular complexity index is 126. The van der Waals surface area contributed by atoms with E-state index in [2.05, 4.69) is 26.1 Å². The second-order valence-corrected chi connectivity index (χ2v) is 4.98. The summed E-state index contributed by atoms with van der Waals surface area (Å²) >= 11 is 0. The molecule has 0 fully saturated rings. The topological polar surface area (TPSA) is 21.3 Å². The van der Waals surface area contributed by atoms with E-state index in [4.69, 9.17) is 4.74 Å². The van der Waals surface area contributed by atoms with Crippen molar-refractivity contribution >= 4 is 0 Å². The summed E-state index contributed by atoms with van der Waals surface area (Å²) in [5, 5.41) is 3.49. The minimum Gasteiger partial charge on any atom is -0.385 e. The molecule has 0 rings (SSSR count). The summed E-state index contributed by atoms with van der Waals surface area (Å²) in [6.07, 6.45) is 5.16. The summed E-state index contributed by atoms with van der Waals surface area (Å²) in [5.41, 5.74) is 0. The molecule has 0 spiro atoms. The van der Waals surface area contributed by atoms with Crippen molar-refractivity contribution in [2.45, 2.75) is 46.5 Å². The molecule has 92 valence electrons. The highest BCUT2D eigenvalue weighted by atomic mass is 16.5. The minimum absolute atomic E-state index is 0.766. The molecule has 0 aromatic heterocycles. The number of methoxy groups -OCH3 is 1. The summed E-state index contributed by atoms with van der Waals surface area (Å²) in [7, 11) is 1.78. The summed E-state index contributed by atoms with van der Waals surface area (Å²) in [4.78, 5) is 0. The van der Waals surface area contributed by atoms with E-state index < -0.39 is 0 Å². The molecule has 2 heteroatoms. The van der Waals surface area contributed by atoms with Crippen LogP contribution in [-0.2, 0) is 4.74 Å². The Morgan fingerprint density at radius 1 is 1.07 bits per heavy atom. The lowest BCUT2D eigenvalue weighted by molar-refractivity contribution is 0.190. The molecule has 0 aliphatic carbocycles. The lowest BCUT2D eigenvalue weighted by atomic mass is 10.0. The van der Waals surface area contributed by atoms with Crippen molar-refractivity contribution in [2.75, 3.05) is 26.8 Å². The molecule has 0 radical (unpaired) electrons. The van der Waals surface area contributed by atoms with Crippen LogP contribution in [0.1, 0.15) is 46.5 Å². The maximum atomic E-state index is 5.04. The van der Waals surface area contributed by atoms with Crippen molar-refractivity contribution < 1.29 is 4.74 Å². The fourth-order valence-electron chi connectivity index (χ4n) is 1.62. The average Bonchev–Trinajstić information content (AvgIpc) is 2.19. The zero-order chi connectivity index (χ0) is 11.5. The van der Waals surface area contributed by atoms with Crippen molar-refractivity contribution in [3.05, 3.63) is 0 Å². The normalized spacial score (nSPS) is 13.4. The van der Waals surface area contributed by atoms with Gasteiger partial charge in [0.15, 0.2) is 0 Å². The molecule has 0 saturated heterocycles. The van der Waals surface area contributed by atoms with Gasteiger partial charge in [0, 0.05) is 13.7 Å². The van der Waals surface area contributed by atoms with Crippen LogP contribution in [0.5, 0.6) is 0 Å². The minimum atomic E-state index is 0.766. The molecule has 0 aliphatic rings. The molecule has 1 unspecified atom stereocenters. The van der Waals surface area contributed by atoms with Gasteiger partial charge in [-0.3, -0.25) is 0 Å². The third-order valence-corrected chi connectivity index (χ3v) is 2.66. The van der Waals surface area contributed by atoms with Crippen molar-refractivity contribution in [3.8, 4) is 0 Å². The number of hydrogen-bond acceptors (Lipinski definition) is 2. The van der Waals surface area contributed by atoms with Crippen LogP contribution in [0.2, 0.25) is 0 Å². The Morgan fingerprint density at radius 3 is 2.40 bits per heavy atom. The molecule has 15 heavy (non-hydrogen) atoms. The van der Waals surface area contributed by atoms with Gasteiger partial charge in [-0.2, -0.15) is 0 Å². The first-order chi connectivity index (χ1) is 7.16. The monoisotopic (exact) mass is 215 g/mol. The molecular formula is C13H29NO. The van der Waals surface area contributed by atoms with Crippen LogP contribution < -0.4 is 5.32 Å². The van der Waals surface area contributed by atoms with E-state index in [9.17, 15) is 0 Å². The van der Waals surface area contributed by atoms with Gasteiger partial charge in [0.05, 0.1) is 0 Å². The van der Waals surface area contributed by atoms with Crippen LogP contribution in [0, 0.1) is 11.8 Å². The average molecular weight is 215 g/mol. The predicted molar refractivity (Wildman–Crippen MR) is 67.2 cm³/mol. The quantitative estimate of drug-likeness (QED) is 0.565. The second-order valence-electron chi connectivity index (χ2n) is 4.98. The number of ether oxygens (including phenoxy) is 1. The van der Waals surface area contributed by atoms with Crippen molar-refractivity contribution in [2.24, 2.45) is 11.8 Å². The zero-order valence-electron chi connectivity index (χ0n) is 11.0. The van der Waals surface area contributed by atoms with Gasteiger partial charge in [0.1, 0.15) is 0 Å². The Hall–Kier alpha value is -0.0800. The van der Waals surface area contributed by atoms with E-state index in [1.54, 1.807) is 7.11 Å². The van der Waals surface area contributed by atoms with Gasteiger partial charge in [-0.15, -0.1) is 0 Å². The van der Waals surface area contributed by atoms with Crippen LogP contribution in [-0.4, -0.2) is 26.8 Å². The molecule has 0 saturated carbocycles. The third-order valence-electron chi connectivity index (χ3n) is 2.66. The lowest BCUT2D eigenvalue weighted by Crippen LogP contribution is -2.22. The second kappa shape index (κ2) is 10.4. The van der Waals surface area contributed by atoms with Crippen LogP contribution >= 0.6 is 0 Å². The van der Waals surface area contributed by atoms with Crippen LogP contribution in [0.25, 0.3) is 0 Å². The maximum absolute atomic E-state index is 5.04. The molecule has 2 nitrogen and oxygen atoms in total. The van der Waals surface area contributed by atoms with Crippen LogP contribution in [0.4, 0.5) is 0 Å². The van der Waals surface area contributed by atoms with Crippen molar-refractivity contribution in [1.82, 2.24) is 5.32 Å². The van der Waals surface area contributed by atoms with E-state index in [0.717, 1.165) is 25.0 Å². The van der Waals surface area contributed by atoms with Gasteiger partial charge in [-0.05, 0) is 37.8 Å². The summed E-state index contributed by atoms with van der Waals surface area (Å²) in [5.74, 6) is 1.61. The fourth-order valence-corrected chi connectivity index (χ4v) is 1.62. The molecule has 0 aromatic carbocycles. The number of rotatable bonds is 10. The van der Waals surface area contributed by atoms with E-state index in [-0.39, 0.29) is 0 Å². The zero-order valence-corrected chi connectivity index (χ0v) is 11.0. The van der Waals surface area contributed by atoms with Crippen molar-refractivity contribution in [3.63, 3.8) is 0 Å². The van der Waals surface area contributed by atoms with Gasteiger partial charge in [-0.25, -0.2) is 0 Å². The fraction of sp³-hybridized carbons (Fsp3) is 1.00. The number of nitrogens with one attached hydrogen (secondary N) is 1. The predicted octanol–water partition coefficient (Wildman–Crippen LogP) is 3.07. The third kappa shape index (κ3) is 11.8. The van der Waals surface area contributed by atoms with Gasteiger partial charge in [0.2, 0.25) is 0 Å². The Labute approximate surface area is 95.8 Å². The van der Waals surface area contributed by atoms with Gasteiger partial charge < -0.3 is 10.1 Å². The summed E-state index contributed by atoms with van der Waals surface area (Å²) in [6, 6.07) is 0. The molecule has 0 heterocycles. The Morgan fingerprint density at radius 2 is 1.80 bits per heavy atom. The Balaban J connectivity index is 3.15. The highest BCUT2D eigenvalue weighted by molar-refractivity contribution is 4.57. The smallest absolute Gasteiger partial charge is 0.0462 e. The van der Waals surface area contributed by atoms with Gasteiger partial charge >= 0.3 is 0 Å². The first kappa shape index (κ1) is 14.9. The van der Waals surface area contributed by atoms with E-state index in [1.165, 1.54) is 32.2 Å². The van der Waals surface area contributed by atoms with Gasteiger partial charge in [0.25, 0.3) is 0 Å².